The minimum Gasteiger partial charge on any atom is -0.497 e. The highest BCUT2D eigenvalue weighted by Crippen LogP contribution is 2.23. The number of nitrogens with zero attached hydrogens (tertiary/aromatic N) is 3. The Labute approximate surface area is 309 Å². The fourth-order valence-corrected chi connectivity index (χ4v) is 6.43. The number of carbonyl (C=O) groups excluding carboxylic acids is 5. The van der Waals surface area contributed by atoms with Crippen LogP contribution in [0.15, 0.2) is 66.1 Å². The zero-order chi connectivity index (χ0) is 37.8. The van der Waals surface area contributed by atoms with Crippen LogP contribution in [-0.4, -0.2) is 103 Å². The van der Waals surface area contributed by atoms with E-state index in [1.165, 1.54) is 23.2 Å². The Morgan fingerprint density at radius 3 is 2.29 bits per heavy atom. The molecule has 52 heavy (non-hydrogen) atoms. The maximum Gasteiger partial charge on any atom is 0.271 e. The van der Waals surface area contributed by atoms with Crippen molar-refractivity contribution in [2.75, 3.05) is 40.3 Å². The average molecular weight is 732 g/mol. The number of aromatic nitrogens is 1. The van der Waals surface area contributed by atoms with E-state index in [0.717, 1.165) is 16.9 Å². The second kappa shape index (κ2) is 19.0. The predicted molar refractivity (Wildman–Crippen MR) is 201 cm³/mol. The molecule has 5 amide bonds. The summed E-state index contributed by atoms with van der Waals surface area (Å²) in [5.41, 5.74) is 2.04. The molecule has 2 aromatic carbocycles. The van der Waals surface area contributed by atoms with Crippen LogP contribution in [0.3, 0.4) is 0 Å². The molecule has 4 rings (SSSR count). The monoisotopic (exact) mass is 731 g/mol. The summed E-state index contributed by atoms with van der Waals surface area (Å²) in [4.78, 5) is 74.8. The largest absolute Gasteiger partial charge is 0.497 e. The molecule has 0 unspecified atom stereocenters. The SMILES string of the molecule is COc1ccc(C=CCN2CCN(C)C(=O)[C@@H](C)NC(=O)[C@H](C(C)C)NC(=O)[C@H](C)NC(=O)c3csc(n3)[C@H](Cc3ccccc3)NC(=O)C2)cc1. The Bertz CT molecular complexity index is 1710. The molecule has 0 aliphatic carbocycles. The number of methoxy groups -OCH3 is 1. The van der Waals surface area contributed by atoms with Gasteiger partial charge in [-0.1, -0.05) is 68.5 Å². The zero-order valence-electron chi connectivity index (χ0n) is 30.5. The molecule has 0 saturated heterocycles. The van der Waals surface area contributed by atoms with E-state index in [1.807, 2.05) is 71.6 Å². The van der Waals surface area contributed by atoms with Gasteiger partial charge in [-0.05, 0) is 49.4 Å². The first-order valence-corrected chi connectivity index (χ1v) is 18.2. The van der Waals surface area contributed by atoms with Gasteiger partial charge in [-0.25, -0.2) is 4.98 Å². The van der Waals surface area contributed by atoms with Crippen molar-refractivity contribution in [2.24, 2.45) is 5.92 Å². The lowest BCUT2D eigenvalue weighted by molar-refractivity contribution is -0.136. The second-order valence-electron chi connectivity index (χ2n) is 13.2. The third-order valence-electron chi connectivity index (χ3n) is 8.67. The lowest BCUT2D eigenvalue weighted by Gasteiger charge is -2.28. The van der Waals surface area contributed by atoms with Gasteiger partial charge >= 0.3 is 0 Å². The van der Waals surface area contributed by atoms with Crippen molar-refractivity contribution in [3.8, 4) is 5.75 Å². The van der Waals surface area contributed by atoms with Gasteiger partial charge in [0.25, 0.3) is 5.91 Å². The number of rotatable bonds is 7. The molecule has 0 saturated carbocycles. The number of thiazole rings is 1. The summed E-state index contributed by atoms with van der Waals surface area (Å²) in [7, 11) is 3.26. The maximum atomic E-state index is 13.7. The number of ether oxygens (including phenoxy) is 1. The number of hydrogen-bond acceptors (Lipinski definition) is 9. The highest BCUT2D eigenvalue weighted by Gasteiger charge is 2.30. The molecule has 4 atom stereocenters. The Hall–Kier alpha value is -5.08. The van der Waals surface area contributed by atoms with E-state index >= 15 is 0 Å². The molecule has 14 heteroatoms. The molecule has 2 heterocycles. The standard InChI is InChI=1S/C38H49N7O6S/c1-24(2)33-36(49)40-26(4)38(50)44(5)19-20-45(18-10-13-27-14-16-29(51-6)17-15-27)22-32(46)41-30(21-28-11-8-7-9-12-28)37-42-31(23-52-37)35(48)39-25(3)34(47)43-33/h7-17,23-26,30,33H,18-22H2,1-6H3,(H,39,48)(H,40,49)(H,41,46)(H,43,47)/t25-,26+,30-,33-/m0/s1. The Morgan fingerprint density at radius 1 is 0.904 bits per heavy atom. The fourth-order valence-electron chi connectivity index (χ4n) is 5.58. The molecule has 0 spiro atoms. The minimum absolute atomic E-state index is 0.0205. The van der Waals surface area contributed by atoms with Crippen LogP contribution in [0.4, 0.5) is 0 Å². The van der Waals surface area contributed by atoms with Crippen LogP contribution in [-0.2, 0) is 25.6 Å². The average Bonchev–Trinajstić information content (AvgIpc) is 3.63. The van der Waals surface area contributed by atoms with E-state index in [2.05, 4.69) is 26.3 Å². The van der Waals surface area contributed by atoms with Crippen molar-refractivity contribution in [3.63, 3.8) is 0 Å². The lowest BCUT2D eigenvalue weighted by atomic mass is 10.0. The molecule has 3 aromatic rings. The summed E-state index contributed by atoms with van der Waals surface area (Å²) in [5, 5.41) is 13.4. The number of fused-ring (bicyclic) bond motifs is 2. The molecule has 13 nitrogen and oxygen atoms in total. The molecule has 1 aromatic heterocycles. The van der Waals surface area contributed by atoms with E-state index in [4.69, 9.17) is 4.74 Å². The van der Waals surface area contributed by atoms with Crippen LogP contribution < -0.4 is 26.0 Å². The number of likely N-dealkylation sites (N-methyl/N-ethyl adjacent to an activating group) is 1. The first-order valence-electron chi connectivity index (χ1n) is 17.3. The van der Waals surface area contributed by atoms with Gasteiger partial charge in [0.15, 0.2) is 0 Å². The van der Waals surface area contributed by atoms with Crippen LogP contribution in [0.5, 0.6) is 5.75 Å². The summed E-state index contributed by atoms with van der Waals surface area (Å²) in [6.45, 7) is 7.74. The minimum atomic E-state index is -0.990. The molecule has 0 radical (unpaired) electrons. The van der Waals surface area contributed by atoms with Crippen molar-refractivity contribution in [2.45, 2.75) is 58.3 Å². The Morgan fingerprint density at radius 2 is 1.62 bits per heavy atom. The van der Waals surface area contributed by atoms with Gasteiger partial charge in [-0.2, -0.15) is 0 Å². The molecule has 0 fully saturated rings. The first-order chi connectivity index (χ1) is 24.8. The highest BCUT2D eigenvalue weighted by molar-refractivity contribution is 7.09. The highest BCUT2D eigenvalue weighted by atomic mass is 32.1. The van der Waals surface area contributed by atoms with Crippen LogP contribution in [0, 0.1) is 5.92 Å². The van der Waals surface area contributed by atoms with Gasteiger partial charge in [-0.15, -0.1) is 11.3 Å². The summed E-state index contributed by atoms with van der Waals surface area (Å²) >= 11 is 1.24. The van der Waals surface area contributed by atoms with Crippen molar-refractivity contribution in [3.05, 3.63) is 87.9 Å². The van der Waals surface area contributed by atoms with Crippen LogP contribution in [0.1, 0.15) is 60.4 Å². The van der Waals surface area contributed by atoms with Crippen molar-refractivity contribution in [1.29, 1.82) is 0 Å². The number of amides is 5. The summed E-state index contributed by atoms with van der Waals surface area (Å²) < 4.78 is 5.25. The van der Waals surface area contributed by atoms with Gasteiger partial charge in [0.05, 0.1) is 19.7 Å². The number of hydrogen-bond donors (Lipinski definition) is 4. The Kier molecular flexibility index (Phi) is 14.5. The third-order valence-corrected chi connectivity index (χ3v) is 9.63. The first kappa shape index (κ1) is 39.7. The van der Waals surface area contributed by atoms with E-state index < -0.39 is 41.9 Å². The lowest BCUT2D eigenvalue weighted by Crippen LogP contribution is -2.57. The van der Waals surface area contributed by atoms with E-state index in [1.54, 1.807) is 40.3 Å². The van der Waals surface area contributed by atoms with Gasteiger partial charge in [-0.3, -0.25) is 28.9 Å². The van der Waals surface area contributed by atoms with E-state index in [9.17, 15) is 24.0 Å². The van der Waals surface area contributed by atoms with Gasteiger partial charge in [0, 0.05) is 32.1 Å². The summed E-state index contributed by atoms with van der Waals surface area (Å²) in [6.07, 6.45) is 4.34. The Balaban J connectivity index is 1.63. The van der Waals surface area contributed by atoms with E-state index in [0.29, 0.717) is 24.5 Å². The normalized spacial score (nSPS) is 22.0. The summed E-state index contributed by atoms with van der Waals surface area (Å²) in [6, 6.07) is 13.9. The molecule has 1 aliphatic heterocycles. The quantitative estimate of drug-likeness (QED) is 0.289. The van der Waals surface area contributed by atoms with Crippen molar-refractivity contribution >= 4 is 46.9 Å². The van der Waals surface area contributed by atoms with Gasteiger partial charge < -0.3 is 30.9 Å². The van der Waals surface area contributed by atoms with Crippen LogP contribution >= 0.6 is 11.3 Å². The van der Waals surface area contributed by atoms with Crippen molar-refractivity contribution < 1.29 is 28.7 Å². The summed E-state index contributed by atoms with van der Waals surface area (Å²) in [5.74, 6) is -1.78. The topological polar surface area (TPSA) is 162 Å². The maximum absolute atomic E-state index is 13.7. The molecule has 278 valence electrons. The number of carbonyl (C=O) groups is 5. The number of nitrogens with one attached hydrogen (secondary N) is 4. The fraction of sp³-hybridized carbons (Fsp3) is 0.421. The van der Waals surface area contributed by atoms with E-state index in [-0.39, 0.29) is 36.5 Å². The molecule has 1 aliphatic rings. The molecule has 2 bridgehead atoms. The molecule has 4 N–H and O–H groups in total. The number of benzene rings is 2. The second-order valence-corrected chi connectivity index (χ2v) is 14.1. The molecular weight excluding hydrogens is 683 g/mol. The van der Waals surface area contributed by atoms with Crippen molar-refractivity contribution in [1.82, 2.24) is 36.1 Å². The van der Waals surface area contributed by atoms with Crippen LogP contribution in [0.2, 0.25) is 0 Å². The van der Waals surface area contributed by atoms with Crippen LogP contribution in [0.25, 0.3) is 6.08 Å². The van der Waals surface area contributed by atoms with Gasteiger partial charge in [0.2, 0.25) is 23.6 Å². The predicted octanol–water partition coefficient (Wildman–Crippen LogP) is 2.80. The third kappa shape index (κ3) is 11.5. The smallest absolute Gasteiger partial charge is 0.271 e. The molecular formula is C38H49N7O6S. The zero-order valence-corrected chi connectivity index (χ0v) is 31.4. The van der Waals surface area contributed by atoms with Gasteiger partial charge in [0.1, 0.15) is 34.6 Å².